The van der Waals surface area contributed by atoms with E-state index in [0.717, 1.165) is 11.3 Å². The summed E-state index contributed by atoms with van der Waals surface area (Å²) in [6, 6.07) is 7.83. The van der Waals surface area contributed by atoms with E-state index < -0.39 is 0 Å². The van der Waals surface area contributed by atoms with Crippen molar-refractivity contribution in [1.82, 2.24) is 4.90 Å². The van der Waals surface area contributed by atoms with Crippen LogP contribution in [0.3, 0.4) is 0 Å². The third kappa shape index (κ3) is 4.02. The van der Waals surface area contributed by atoms with Gasteiger partial charge in [-0.15, -0.1) is 0 Å². The fourth-order valence-corrected chi connectivity index (χ4v) is 2.76. The Morgan fingerprint density at radius 1 is 1.35 bits per heavy atom. The topological polar surface area (TPSA) is 58.4 Å². The second-order valence-electron chi connectivity index (χ2n) is 5.34. The molecule has 1 saturated carbocycles. The Hall–Kier alpha value is -1.46. The van der Waals surface area contributed by atoms with Crippen LogP contribution in [0.4, 0.5) is 5.69 Å². The number of nitrogens with one attached hydrogen (secondary N) is 1. The Morgan fingerprint density at radius 2 is 1.95 bits per heavy atom. The van der Waals surface area contributed by atoms with Crippen LogP contribution in [0.1, 0.15) is 31.2 Å². The van der Waals surface area contributed by atoms with Gasteiger partial charge in [0.05, 0.1) is 6.54 Å². The molecular weight excluding hydrogens is 270 g/mol. The molecule has 5 heteroatoms. The fraction of sp³-hybridized carbons (Fsp3) is 0.467. The van der Waals surface area contributed by atoms with Gasteiger partial charge in [0.25, 0.3) is 0 Å². The van der Waals surface area contributed by atoms with E-state index in [1.807, 2.05) is 31.3 Å². The number of amides is 1. The quantitative estimate of drug-likeness (QED) is 0.816. The lowest BCUT2D eigenvalue weighted by atomic mass is 10.2. The second-order valence-corrected chi connectivity index (χ2v) is 5.78. The van der Waals surface area contributed by atoms with Gasteiger partial charge in [0.1, 0.15) is 4.99 Å². The van der Waals surface area contributed by atoms with Gasteiger partial charge in [-0.1, -0.05) is 25.1 Å². The Morgan fingerprint density at radius 3 is 2.50 bits per heavy atom. The van der Waals surface area contributed by atoms with Crippen LogP contribution in [0, 0.1) is 0 Å². The SMILES string of the molecule is CN(CC(=O)Nc1ccc(C(N)=S)cc1)C1CCCC1. The number of thiocarbonyl (C=S) groups is 1. The molecule has 20 heavy (non-hydrogen) atoms. The van der Waals surface area contributed by atoms with E-state index in [-0.39, 0.29) is 5.91 Å². The van der Waals surface area contributed by atoms with Crippen LogP contribution in [-0.2, 0) is 4.79 Å². The van der Waals surface area contributed by atoms with Crippen molar-refractivity contribution in [3.05, 3.63) is 29.8 Å². The van der Waals surface area contributed by atoms with E-state index in [1.165, 1.54) is 25.7 Å². The average Bonchev–Trinajstić information content (AvgIpc) is 2.93. The Labute approximate surface area is 125 Å². The van der Waals surface area contributed by atoms with Gasteiger partial charge >= 0.3 is 0 Å². The maximum atomic E-state index is 12.0. The van der Waals surface area contributed by atoms with Crippen molar-refractivity contribution >= 4 is 28.8 Å². The maximum Gasteiger partial charge on any atom is 0.238 e. The third-order valence-corrected chi connectivity index (χ3v) is 4.03. The minimum atomic E-state index is 0.0162. The molecule has 1 aliphatic carbocycles. The number of nitrogens with zero attached hydrogens (tertiary/aromatic N) is 1. The van der Waals surface area contributed by atoms with Crippen molar-refractivity contribution in [1.29, 1.82) is 0 Å². The first-order valence-corrected chi connectivity index (χ1v) is 7.37. The molecule has 0 unspecified atom stereocenters. The minimum Gasteiger partial charge on any atom is -0.389 e. The first-order valence-electron chi connectivity index (χ1n) is 6.96. The molecule has 2 rings (SSSR count). The predicted molar refractivity (Wildman–Crippen MR) is 85.8 cm³/mol. The monoisotopic (exact) mass is 291 g/mol. The van der Waals surface area contributed by atoms with Crippen LogP contribution in [0.15, 0.2) is 24.3 Å². The van der Waals surface area contributed by atoms with E-state index in [0.29, 0.717) is 17.6 Å². The number of anilines is 1. The summed E-state index contributed by atoms with van der Waals surface area (Å²) in [4.78, 5) is 14.5. The Balaban J connectivity index is 1.85. The number of benzene rings is 1. The van der Waals surface area contributed by atoms with Gasteiger partial charge < -0.3 is 11.1 Å². The van der Waals surface area contributed by atoms with Crippen molar-refractivity contribution in [3.8, 4) is 0 Å². The van der Waals surface area contributed by atoms with E-state index in [1.54, 1.807) is 0 Å². The minimum absolute atomic E-state index is 0.0162. The highest BCUT2D eigenvalue weighted by Gasteiger charge is 2.21. The lowest BCUT2D eigenvalue weighted by molar-refractivity contribution is -0.117. The molecule has 0 radical (unpaired) electrons. The summed E-state index contributed by atoms with van der Waals surface area (Å²) in [6.45, 7) is 0.432. The zero-order chi connectivity index (χ0) is 14.5. The highest BCUT2D eigenvalue weighted by molar-refractivity contribution is 7.80. The van der Waals surface area contributed by atoms with E-state index in [9.17, 15) is 4.79 Å². The molecule has 1 fully saturated rings. The summed E-state index contributed by atoms with van der Waals surface area (Å²) in [6.07, 6.45) is 4.95. The van der Waals surface area contributed by atoms with E-state index in [2.05, 4.69) is 10.2 Å². The Bertz CT molecular complexity index is 480. The van der Waals surface area contributed by atoms with Gasteiger partial charge in [-0.25, -0.2) is 0 Å². The lowest BCUT2D eigenvalue weighted by Crippen LogP contribution is -2.36. The molecule has 3 N–H and O–H groups in total. The van der Waals surface area contributed by atoms with Gasteiger partial charge in [0.2, 0.25) is 5.91 Å². The summed E-state index contributed by atoms with van der Waals surface area (Å²) in [5.41, 5.74) is 7.12. The molecule has 0 saturated heterocycles. The zero-order valence-corrected chi connectivity index (χ0v) is 12.6. The number of hydrogen-bond donors (Lipinski definition) is 2. The molecule has 108 valence electrons. The molecule has 1 amide bonds. The number of likely N-dealkylation sites (N-methyl/N-ethyl adjacent to an activating group) is 1. The van der Waals surface area contributed by atoms with E-state index in [4.69, 9.17) is 18.0 Å². The van der Waals surface area contributed by atoms with Crippen LogP contribution < -0.4 is 11.1 Å². The van der Waals surface area contributed by atoms with Crippen molar-refractivity contribution in [3.63, 3.8) is 0 Å². The Kier molecular flexibility index (Phi) is 5.09. The van der Waals surface area contributed by atoms with Crippen LogP contribution in [-0.4, -0.2) is 35.4 Å². The predicted octanol–water partition coefficient (Wildman–Crippen LogP) is 2.13. The maximum absolute atomic E-state index is 12.0. The van der Waals surface area contributed by atoms with Crippen LogP contribution >= 0.6 is 12.2 Å². The molecule has 1 aromatic carbocycles. The van der Waals surface area contributed by atoms with Crippen molar-refractivity contribution in [2.24, 2.45) is 5.73 Å². The highest BCUT2D eigenvalue weighted by atomic mass is 32.1. The number of carbonyl (C=O) groups excluding carboxylic acids is 1. The van der Waals surface area contributed by atoms with E-state index >= 15 is 0 Å². The summed E-state index contributed by atoms with van der Waals surface area (Å²) >= 11 is 4.90. The summed E-state index contributed by atoms with van der Waals surface area (Å²) in [5.74, 6) is 0.0162. The van der Waals surface area contributed by atoms with Crippen LogP contribution in [0.25, 0.3) is 0 Å². The largest absolute Gasteiger partial charge is 0.389 e. The van der Waals surface area contributed by atoms with Gasteiger partial charge in [0.15, 0.2) is 0 Å². The molecule has 0 aliphatic heterocycles. The molecule has 0 bridgehead atoms. The zero-order valence-electron chi connectivity index (χ0n) is 11.8. The van der Waals surface area contributed by atoms with Crippen LogP contribution in [0.5, 0.6) is 0 Å². The average molecular weight is 291 g/mol. The molecule has 0 spiro atoms. The molecule has 0 heterocycles. The summed E-state index contributed by atoms with van der Waals surface area (Å²) < 4.78 is 0. The van der Waals surface area contributed by atoms with Crippen molar-refractivity contribution in [2.75, 3.05) is 18.9 Å². The molecule has 1 aromatic rings. The number of hydrogen-bond acceptors (Lipinski definition) is 3. The van der Waals surface area contributed by atoms with Gasteiger partial charge in [-0.05, 0) is 44.2 Å². The van der Waals surface area contributed by atoms with Crippen molar-refractivity contribution in [2.45, 2.75) is 31.7 Å². The number of carbonyl (C=O) groups is 1. The molecule has 0 atom stereocenters. The lowest BCUT2D eigenvalue weighted by Gasteiger charge is -2.23. The standard InChI is InChI=1S/C15H21N3OS/c1-18(13-4-2-3-5-13)10-14(19)17-12-8-6-11(7-9-12)15(16)20/h6-9,13H,2-5,10H2,1H3,(H2,16,20)(H,17,19). The van der Waals surface area contributed by atoms with Crippen LogP contribution in [0.2, 0.25) is 0 Å². The molecular formula is C15H21N3OS. The first-order chi connectivity index (χ1) is 9.56. The molecule has 4 nitrogen and oxygen atoms in total. The van der Waals surface area contributed by atoms with Gasteiger partial charge in [0, 0.05) is 17.3 Å². The number of nitrogens with two attached hydrogens (primary N) is 1. The van der Waals surface area contributed by atoms with Gasteiger partial charge in [-0.2, -0.15) is 0 Å². The smallest absolute Gasteiger partial charge is 0.238 e. The molecule has 1 aliphatic rings. The second kappa shape index (κ2) is 6.81. The summed E-state index contributed by atoms with van der Waals surface area (Å²) in [7, 11) is 2.02. The first kappa shape index (κ1) is 14.9. The normalized spacial score (nSPS) is 15.5. The summed E-state index contributed by atoms with van der Waals surface area (Å²) in [5, 5.41) is 2.90. The fourth-order valence-electron chi connectivity index (χ4n) is 2.62. The number of rotatable bonds is 5. The van der Waals surface area contributed by atoms with Gasteiger partial charge in [-0.3, -0.25) is 9.69 Å². The third-order valence-electron chi connectivity index (χ3n) is 3.79. The molecule has 0 aromatic heterocycles. The van der Waals surface area contributed by atoms with Crippen molar-refractivity contribution < 1.29 is 4.79 Å². The highest BCUT2D eigenvalue weighted by Crippen LogP contribution is 2.22.